The van der Waals surface area contributed by atoms with Crippen molar-refractivity contribution in [3.8, 4) is 0 Å². The lowest BCUT2D eigenvalue weighted by Gasteiger charge is -2.12. The molecule has 0 radical (unpaired) electrons. The van der Waals surface area contributed by atoms with Gasteiger partial charge in [-0.25, -0.2) is 0 Å². The number of amidine groups is 1. The second-order valence-corrected chi connectivity index (χ2v) is 4.88. The van der Waals surface area contributed by atoms with Gasteiger partial charge in [-0.05, 0) is 30.2 Å². The van der Waals surface area contributed by atoms with Crippen molar-refractivity contribution in [2.45, 2.75) is 13.5 Å². The molecule has 0 bridgehead atoms. The maximum Gasteiger partial charge on any atom is 0.170 e. The third-order valence-electron chi connectivity index (χ3n) is 3.02. The number of hydrogen-bond donors (Lipinski definition) is 3. The van der Waals surface area contributed by atoms with Crippen molar-refractivity contribution < 1.29 is 5.21 Å². The van der Waals surface area contributed by atoms with E-state index < -0.39 is 0 Å². The number of aryl methyl sites for hydroxylation is 1. The number of oxime groups is 1. The number of para-hydroxylation sites is 1. The fraction of sp³-hybridized carbons (Fsp3) is 0.133. The molecular formula is C15H16ClN3O. The smallest absolute Gasteiger partial charge is 0.170 e. The van der Waals surface area contributed by atoms with Crippen LogP contribution in [0.3, 0.4) is 0 Å². The van der Waals surface area contributed by atoms with Gasteiger partial charge in [-0.15, -0.1) is 0 Å². The summed E-state index contributed by atoms with van der Waals surface area (Å²) in [4.78, 5) is 0. The highest BCUT2D eigenvalue weighted by molar-refractivity contribution is 6.33. The van der Waals surface area contributed by atoms with E-state index in [1.165, 1.54) is 0 Å². The quantitative estimate of drug-likeness (QED) is 0.350. The molecule has 104 valence electrons. The summed E-state index contributed by atoms with van der Waals surface area (Å²) in [6, 6.07) is 13.3. The number of nitrogens with one attached hydrogen (secondary N) is 1. The molecule has 0 aliphatic carbocycles. The third kappa shape index (κ3) is 3.22. The van der Waals surface area contributed by atoms with Gasteiger partial charge in [-0.3, -0.25) is 0 Å². The summed E-state index contributed by atoms with van der Waals surface area (Å²) >= 11 is 6.17. The zero-order valence-corrected chi connectivity index (χ0v) is 11.9. The first kappa shape index (κ1) is 14.2. The maximum atomic E-state index is 8.69. The van der Waals surface area contributed by atoms with Crippen LogP contribution in [0.1, 0.15) is 16.7 Å². The molecule has 0 saturated carbocycles. The second kappa shape index (κ2) is 6.30. The van der Waals surface area contributed by atoms with Crippen LogP contribution >= 0.6 is 11.6 Å². The lowest BCUT2D eigenvalue weighted by Crippen LogP contribution is -2.13. The van der Waals surface area contributed by atoms with Crippen molar-refractivity contribution in [3.05, 3.63) is 64.2 Å². The van der Waals surface area contributed by atoms with E-state index in [4.69, 9.17) is 22.5 Å². The minimum absolute atomic E-state index is 0.0979. The van der Waals surface area contributed by atoms with Gasteiger partial charge in [0, 0.05) is 12.1 Å². The molecule has 4 nitrogen and oxygen atoms in total. The highest BCUT2D eigenvalue weighted by atomic mass is 35.5. The van der Waals surface area contributed by atoms with E-state index in [1.54, 1.807) is 6.07 Å². The van der Waals surface area contributed by atoms with E-state index in [0.717, 1.165) is 16.8 Å². The number of hydrogen-bond acceptors (Lipinski definition) is 3. The lowest BCUT2D eigenvalue weighted by molar-refractivity contribution is 0.318. The maximum absolute atomic E-state index is 8.69. The van der Waals surface area contributed by atoms with E-state index in [-0.39, 0.29) is 5.84 Å². The molecule has 0 spiro atoms. The molecule has 2 aromatic carbocycles. The first-order chi connectivity index (χ1) is 9.61. The molecule has 20 heavy (non-hydrogen) atoms. The number of halogens is 1. The summed E-state index contributed by atoms with van der Waals surface area (Å²) < 4.78 is 0. The van der Waals surface area contributed by atoms with Crippen LogP contribution in [0.2, 0.25) is 5.02 Å². The van der Waals surface area contributed by atoms with Crippen molar-refractivity contribution in [3.63, 3.8) is 0 Å². The lowest BCUT2D eigenvalue weighted by atomic mass is 10.1. The summed E-state index contributed by atoms with van der Waals surface area (Å²) in [5.74, 6) is 0.0979. The number of anilines is 1. The Labute approximate surface area is 122 Å². The fourth-order valence-electron chi connectivity index (χ4n) is 1.94. The Hall–Kier alpha value is -2.20. The van der Waals surface area contributed by atoms with Gasteiger partial charge in [-0.1, -0.05) is 47.1 Å². The van der Waals surface area contributed by atoms with E-state index in [2.05, 4.69) is 10.5 Å². The van der Waals surface area contributed by atoms with Crippen molar-refractivity contribution >= 4 is 23.1 Å². The van der Waals surface area contributed by atoms with Crippen molar-refractivity contribution in [1.82, 2.24) is 0 Å². The normalized spacial score (nSPS) is 11.4. The third-order valence-corrected chi connectivity index (χ3v) is 3.34. The first-order valence-electron chi connectivity index (χ1n) is 6.17. The fourth-order valence-corrected chi connectivity index (χ4v) is 2.23. The topological polar surface area (TPSA) is 70.6 Å². The molecule has 4 N–H and O–H groups in total. The Balaban J connectivity index is 2.15. The largest absolute Gasteiger partial charge is 0.409 e. The van der Waals surface area contributed by atoms with Gasteiger partial charge >= 0.3 is 0 Å². The van der Waals surface area contributed by atoms with Crippen LogP contribution in [-0.2, 0) is 6.54 Å². The number of rotatable bonds is 4. The highest BCUT2D eigenvalue weighted by Crippen LogP contribution is 2.25. The molecule has 2 rings (SSSR count). The van der Waals surface area contributed by atoms with Crippen molar-refractivity contribution in [1.29, 1.82) is 0 Å². The average molecular weight is 290 g/mol. The molecule has 5 heteroatoms. The van der Waals surface area contributed by atoms with Crippen LogP contribution in [0, 0.1) is 6.92 Å². The highest BCUT2D eigenvalue weighted by Gasteiger charge is 2.04. The van der Waals surface area contributed by atoms with Crippen LogP contribution in [0.25, 0.3) is 0 Å². The van der Waals surface area contributed by atoms with Crippen LogP contribution < -0.4 is 11.1 Å². The van der Waals surface area contributed by atoms with Crippen molar-refractivity contribution in [2.75, 3.05) is 5.32 Å². The number of benzene rings is 2. The van der Waals surface area contributed by atoms with E-state index in [0.29, 0.717) is 17.1 Å². The molecule has 2 aromatic rings. The predicted molar refractivity (Wildman–Crippen MR) is 82.5 cm³/mol. The average Bonchev–Trinajstić information content (AvgIpc) is 2.46. The SMILES string of the molecule is Cc1cccc(Cl)c1NCc1cccc(C(N)=NO)c1. The Morgan fingerprint density at radius 3 is 2.75 bits per heavy atom. The summed E-state index contributed by atoms with van der Waals surface area (Å²) in [6.45, 7) is 2.61. The Bertz CT molecular complexity index is 621. The monoisotopic (exact) mass is 289 g/mol. The summed E-state index contributed by atoms with van der Waals surface area (Å²) in [6.07, 6.45) is 0. The zero-order chi connectivity index (χ0) is 14.5. The molecule has 0 amide bonds. The predicted octanol–water partition coefficient (Wildman–Crippen LogP) is 3.36. The Kier molecular flexibility index (Phi) is 4.48. The Morgan fingerprint density at radius 2 is 2.05 bits per heavy atom. The molecule has 0 aromatic heterocycles. The molecule has 0 atom stereocenters. The Morgan fingerprint density at radius 1 is 1.30 bits per heavy atom. The van der Waals surface area contributed by atoms with E-state index in [9.17, 15) is 0 Å². The summed E-state index contributed by atoms with van der Waals surface area (Å²) in [7, 11) is 0. The van der Waals surface area contributed by atoms with Crippen LogP contribution in [0.4, 0.5) is 5.69 Å². The molecule has 0 unspecified atom stereocenters. The summed E-state index contributed by atoms with van der Waals surface area (Å²) in [5.41, 5.74) is 9.29. The van der Waals surface area contributed by atoms with Gasteiger partial charge in [-0.2, -0.15) is 0 Å². The van der Waals surface area contributed by atoms with Crippen LogP contribution in [0.15, 0.2) is 47.6 Å². The van der Waals surface area contributed by atoms with E-state index >= 15 is 0 Å². The number of nitrogens with zero attached hydrogens (tertiary/aromatic N) is 1. The van der Waals surface area contributed by atoms with Crippen LogP contribution in [-0.4, -0.2) is 11.0 Å². The summed E-state index contributed by atoms with van der Waals surface area (Å²) in [5, 5.41) is 15.7. The molecular weight excluding hydrogens is 274 g/mol. The van der Waals surface area contributed by atoms with Gasteiger partial charge in [0.05, 0.1) is 10.7 Å². The van der Waals surface area contributed by atoms with Gasteiger partial charge in [0.25, 0.3) is 0 Å². The molecule has 0 aliphatic heterocycles. The second-order valence-electron chi connectivity index (χ2n) is 4.47. The molecule has 0 saturated heterocycles. The standard InChI is InChI=1S/C15H16ClN3O/c1-10-4-2-7-13(16)14(10)18-9-11-5-3-6-12(8-11)15(17)19-20/h2-8,18,20H,9H2,1H3,(H2,17,19). The molecule has 0 heterocycles. The first-order valence-corrected chi connectivity index (χ1v) is 6.55. The van der Waals surface area contributed by atoms with Gasteiger partial charge in [0.1, 0.15) is 0 Å². The van der Waals surface area contributed by atoms with E-state index in [1.807, 2.05) is 43.3 Å². The van der Waals surface area contributed by atoms with Crippen LogP contribution in [0.5, 0.6) is 0 Å². The minimum atomic E-state index is 0.0979. The van der Waals surface area contributed by atoms with Gasteiger partial charge in [0.2, 0.25) is 0 Å². The molecule has 0 aliphatic rings. The van der Waals surface area contributed by atoms with Gasteiger partial charge in [0.15, 0.2) is 5.84 Å². The zero-order valence-electron chi connectivity index (χ0n) is 11.1. The molecule has 0 fully saturated rings. The number of nitrogens with two attached hydrogens (primary N) is 1. The van der Waals surface area contributed by atoms with Gasteiger partial charge < -0.3 is 16.3 Å². The van der Waals surface area contributed by atoms with Crippen molar-refractivity contribution in [2.24, 2.45) is 10.9 Å². The minimum Gasteiger partial charge on any atom is -0.409 e.